The number of nitrogens with one attached hydrogen (secondary N) is 1. The van der Waals surface area contributed by atoms with E-state index < -0.39 is 0 Å². The van der Waals surface area contributed by atoms with Crippen molar-refractivity contribution >= 4 is 11.9 Å². The Morgan fingerprint density at radius 3 is 2.58 bits per heavy atom. The molecule has 1 heterocycles. The first kappa shape index (κ1) is 20.0. The molecule has 1 saturated heterocycles. The fraction of sp³-hybridized carbons (Fsp3) is 0.706. The van der Waals surface area contributed by atoms with Gasteiger partial charge in [0, 0.05) is 39.0 Å². The van der Waals surface area contributed by atoms with E-state index in [9.17, 15) is 14.9 Å². The minimum Gasteiger partial charge on any atom is -0.466 e. The zero-order valence-electron chi connectivity index (χ0n) is 14.5. The maximum absolute atomic E-state index is 12.4. The molecule has 1 N–H and O–H groups in total. The number of amides is 1. The molecule has 0 aromatic carbocycles. The SMILES string of the molecule is CCOCCCN/C=C(/C#N)C(=O)N1CCC(C(=O)OCC)CC1. The molecule has 0 atom stereocenters. The highest BCUT2D eigenvalue weighted by molar-refractivity contribution is 5.97. The van der Waals surface area contributed by atoms with Crippen molar-refractivity contribution in [3.8, 4) is 6.07 Å². The molecule has 0 aliphatic carbocycles. The molecule has 0 aromatic heterocycles. The number of likely N-dealkylation sites (tertiary alicyclic amines) is 1. The summed E-state index contributed by atoms with van der Waals surface area (Å²) in [5.74, 6) is -0.645. The third-order valence-electron chi connectivity index (χ3n) is 3.81. The Hall–Kier alpha value is -2.07. The van der Waals surface area contributed by atoms with Crippen LogP contribution in [0.2, 0.25) is 0 Å². The molecule has 7 heteroatoms. The van der Waals surface area contributed by atoms with E-state index in [-0.39, 0.29) is 23.4 Å². The summed E-state index contributed by atoms with van der Waals surface area (Å²) in [7, 11) is 0. The van der Waals surface area contributed by atoms with Gasteiger partial charge in [0.05, 0.1) is 12.5 Å². The first-order valence-electron chi connectivity index (χ1n) is 8.51. The molecule has 1 amide bonds. The molecule has 1 aliphatic rings. The van der Waals surface area contributed by atoms with Gasteiger partial charge in [0.2, 0.25) is 0 Å². The van der Waals surface area contributed by atoms with E-state index in [2.05, 4.69) is 5.32 Å². The molecule has 0 aromatic rings. The number of nitrogens with zero attached hydrogens (tertiary/aromatic N) is 2. The van der Waals surface area contributed by atoms with Crippen molar-refractivity contribution in [2.24, 2.45) is 5.92 Å². The van der Waals surface area contributed by atoms with Gasteiger partial charge in [-0.05, 0) is 33.1 Å². The van der Waals surface area contributed by atoms with E-state index in [0.29, 0.717) is 52.3 Å². The maximum Gasteiger partial charge on any atom is 0.309 e. The van der Waals surface area contributed by atoms with Crippen molar-refractivity contribution in [3.05, 3.63) is 11.8 Å². The summed E-state index contributed by atoms with van der Waals surface area (Å²) >= 11 is 0. The summed E-state index contributed by atoms with van der Waals surface area (Å²) in [6.45, 7) is 6.98. The van der Waals surface area contributed by atoms with Crippen LogP contribution in [0.1, 0.15) is 33.1 Å². The average Bonchev–Trinajstić information content (AvgIpc) is 2.61. The van der Waals surface area contributed by atoms with E-state index in [1.807, 2.05) is 13.0 Å². The third-order valence-corrected chi connectivity index (χ3v) is 3.81. The van der Waals surface area contributed by atoms with E-state index >= 15 is 0 Å². The molecule has 7 nitrogen and oxygen atoms in total. The number of esters is 1. The first-order valence-corrected chi connectivity index (χ1v) is 8.51. The number of hydrogen-bond acceptors (Lipinski definition) is 6. The van der Waals surface area contributed by atoms with Crippen molar-refractivity contribution in [2.45, 2.75) is 33.1 Å². The molecule has 1 fully saturated rings. The Labute approximate surface area is 143 Å². The molecule has 1 rings (SSSR count). The third kappa shape index (κ3) is 6.59. The van der Waals surface area contributed by atoms with Gasteiger partial charge >= 0.3 is 5.97 Å². The second-order valence-corrected chi connectivity index (χ2v) is 5.49. The minimum atomic E-state index is -0.294. The second-order valence-electron chi connectivity index (χ2n) is 5.49. The number of nitriles is 1. The number of rotatable bonds is 9. The Morgan fingerprint density at radius 2 is 2.00 bits per heavy atom. The molecule has 0 saturated carbocycles. The summed E-state index contributed by atoms with van der Waals surface area (Å²) < 4.78 is 10.2. The van der Waals surface area contributed by atoms with Crippen LogP contribution >= 0.6 is 0 Å². The van der Waals surface area contributed by atoms with Crippen LogP contribution in [-0.2, 0) is 19.1 Å². The Morgan fingerprint density at radius 1 is 1.29 bits per heavy atom. The zero-order chi connectivity index (χ0) is 17.8. The standard InChI is InChI=1S/C17H27N3O4/c1-3-23-11-5-8-19-13-15(12-18)16(21)20-9-6-14(7-10-20)17(22)24-4-2/h13-14,19H,3-11H2,1-2H3/b15-13-. The predicted molar refractivity (Wildman–Crippen MR) is 88.7 cm³/mol. The van der Waals surface area contributed by atoms with Gasteiger partial charge in [-0.1, -0.05) is 0 Å². The molecule has 0 unspecified atom stereocenters. The van der Waals surface area contributed by atoms with E-state index in [4.69, 9.17) is 9.47 Å². The Balaban J connectivity index is 2.41. The lowest BCUT2D eigenvalue weighted by Crippen LogP contribution is -2.41. The largest absolute Gasteiger partial charge is 0.466 e. The van der Waals surface area contributed by atoms with E-state index in [0.717, 1.165) is 6.42 Å². The Bertz CT molecular complexity index is 477. The molecular formula is C17H27N3O4. The highest BCUT2D eigenvalue weighted by atomic mass is 16.5. The van der Waals surface area contributed by atoms with Gasteiger partial charge in [-0.3, -0.25) is 9.59 Å². The zero-order valence-corrected chi connectivity index (χ0v) is 14.5. The summed E-state index contributed by atoms with van der Waals surface area (Å²) in [6.07, 6.45) is 3.42. The highest BCUT2D eigenvalue weighted by Gasteiger charge is 2.29. The maximum atomic E-state index is 12.4. The van der Waals surface area contributed by atoms with Crippen LogP contribution in [0.4, 0.5) is 0 Å². The van der Waals surface area contributed by atoms with E-state index in [1.165, 1.54) is 6.20 Å². The van der Waals surface area contributed by atoms with Gasteiger partial charge in [0.25, 0.3) is 5.91 Å². The van der Waals surface area contributed by atoms with Gasteiger partial charge in [-0.2, -0.15) is 5.26 Å². The number of piperidine rings is 1. The van der Waals surface area contributed by atoms with Gasteiger partial charge in [-0.15, -0.1) is 0 Å². The predicted octanol–water partition coefficient (Wildman–Crippen LogP) is 1.21. The fourth-order valence-corrected chi connectivity index (χ4v) is 2.49. The van der Waals surface area contributed by atoms with Gasteiger partial charge < -0.3 is 19.7 Å². The second kappa shape index (κ2) is 11.5. The van der Waals surface area contributed by atoms with Crippen LogP contribution in [0, 0.1) is 17.2 Å². The average molecular weight is 337 g/mol. The molecule has 0 radical (unpaired) electrons. The lowest BCUT2D eigenvalue weighted by atomic mass is 9.96. The van der Waals surface area contributed by atoms with Crippen LogP contribution in [0.15, 0.2) is 11.8 Å². The topological polar surface area (TPSA) is 91.7 Å². The first-order chi connectivity index (χ1) is 11.6. The monoisotopic (exact) mass is 337 g/mol. The van der Waals surface area contributed by atoms with Crippen molar-refractivity contribution in [2.75, 3.05) is 39.5 Å². The normalized spacial score (nSPS) is 15.7. The van der Waals surface area contributed by atoms with Gasteiger partial charge in [0.15, 0.2) is 0 Å². The molecule has 0 spiro atoms. The van der Waals surface area contributed by atoms with Crippen LogP contribution in [-0.4, -0.2) is 56.2 Å². The summed E-state index contributed by atoms with van der Waals surface area (Å²) in [5, 5.41) is 12.1. The van der Waals surface area contributed by atoms with Crippen molar-refractivity contribution in [1.29, 1.82) is 5.26 Å². The van der Waals surface area contributed by atoms with Crippen LogP contribution in [0.3, 0.4) is 0 Å². The summed E-state index contributed by atoms with van der Waals surface area (Å²) in [5.41, 5.74) is 0.0843. The quantitative estimate of drug-likeness (QED) is 0.294. The van der Waals surface area contributed by atoms with Crippen molar-refractivity contribution < 1.29 is 19.1 Å². The lowest BCUT2D eigenvalue weighted by Gasteiger charge is -2.30. The van der Waals surface area contributed by atoms with Crippen molar-refractivity contribution in [1.82, 2.24) is 10.2 Å². The fourth-order valence-electron chi connectivity index (χ4n) is 2.49. The number of carbonyl (C=O) groups is 2. The molecule has 0 bridgehead atoms. The highest BCUT2D eigenvalue weighted by Crippen LogP contribution is 2.19. The lowest BCUT2D eigenvalue weighted by molar-refractivity contribution is -0.150. The van der Waals surface area contributed by atoms with Crippen LogP contribution < -0.4 is 5.32 Å². The molecule has 1 aliphatic heterocycles. The number of carbonyl (C=O) groups excluding carboxylic acids is 2. The number of hydrogen-bond donors (Lipinski definition) is 1. The van der Waals surface area contributed by atoms with Crippen LogP contribution in [0.25, 0.3) is 0 Å². The van der Waals surface area contributed by atoms with Crippen molar-refractivity contribution in [3.63, 3.8) is 0 Å². The summed E-state index contributed by atoms with van der Waals surface area (Å²) in [4.78, 5) is 25.7. The smallest absolute Gasteiger partial charge is 0.309 e. The van der Waals surface area contributed by atoms with Gasteiger partial charge in [-0.25, -0.2) is 0 Å². The van der Waals surface area contributed by atoms with E-state index in [1.54, 1.807) is 11.8 Å². The molecule has 24 heavy (non-hydrogen) atoms. The van der Waals surface area contributed by atoms with Gasteiger partial charge in [0.1, 0.15) is 11.6 Å². The molecular weight excluding hydrogens is 310 g/mol. The minimum absolute atomic E-state index is 0.0843. The number of ether oxygens (including phenoxy) is 2. The summed E-state index contributed by atoms with van der Waals surface area (Å²) in [6, 6.07) is 1.94. The molecule has 134 valence electrons. The van der Waals surface area contributed by atoms with Crippen LogP contribution in [0.5, 0.6) is 0 Å². The Kier molecular flexibility index (Phi) is 9.54.